The smallest absolute Gasteiger partial charge is 0.295 e. The lowest BCUT2D eigenvalue weighted by molar-refractivity contribution is -0.143. The second-order valence-corrected chi connectivity index (χ2v) is 12.9. The molecule has 0 bridgehead atoms. The van der Waals surface area contributed by atoms with E-state index in [4.69, 9.17) is 25.8 Å². The van der Waals surface area contributed by atoms with Crippen molar-refractivity contribution in [2.24, 2.45) is 0 Å². The van der Waals surface area contributed by atoms with Crippen molar-refractivity contribution in [1.82, 2.24) is 19.8 Å². The average molecular weight is 701 g/mol. The molecule has 0 aliphatic heterocycles. The van der Waals surface area contributed by atoms with Gasteiger partial charge in [0.1, 0.15) is 6.04 Å². The minimum absolute atomic E-state index is 0.0378. The monoisotopic (exact) mass is 700 g/mol. The van der Waals surface area contributed by atoms with Crippen molar-refractivity contribution in [3.8, 4) is 17.2 Å². The zero-order valence-electron chi connectivity index (χ0n) is 29.6. The Morgan fingerprint density at radius 2 is 1.28 bits per heavy atom. The summed E-state index contributed by atoms with van der Waals surface area (Å²) in [6, 6.07) is 16.6. The van der Waals surface area contributed by atoms with E-state index in [1.165, 1.54) is 45.4 Å². The molecule has 50 heavy (non-hydrogen) atoms. The lowest BCUT2D eigenvalue weighted by Gasteiger charge is -2.37. The fourth-order valence-electron chi connectivity index (χ4n) is 6.12. The molecule has 2 heterocycles. The second kappa shape index (κ2) is 17.6. The van der Waals surface area contributed by atoms with Crippen LogP contribution in [0.1, 0.15) is 65.6 Å². The molecule has 4 aromatic rings. The molecule has 4 rings (SSSR count). The maximum Gasteiger partial charge on any atom is 0.295 e. The number of hydrogen-bond acceptors (Lipinski definition) is 8. The fourth-order valence-corrected chi connectivity index (χ4v) is 6.25. The number of rotatable bonds is 16. The topological polar surface area (TPSA) is 111 Å². The maximum absolute atomic E-state index is 14.7. The van der Waals surface area contributed by atoms with Gasteiger partial charge in [-0.2, -0.15) is 0 Å². The van der Waals surface area contributed by atoms with Crippen LogP contribution >= 0.6 is 11.6 Å². The number of methoxy groups -OCH3 is 3. The Morgan fingerprint density at radius 1 is 0.760 bits per heavy atom. The van der Waals surface area contributed by atoms with E-state index in [1.807, 2.05) is 48.8 Å². The standard InChI is InChI=1S/C39H45ClN4O6/c1-25(28-10-8-16-41-23-28)18-32(19-26(2)29-11-9-17-42-24-29)43(3)38(46)33(20-27-12-14-31(40)15-13-27)44(4)39(47)36(45)30-21-34(48-5)37(50-7)35(22-30)49-6/h8-17,21-26,32-33H,18-20H2,1-7H3/t25?,26?,32?,33-/m0/s1. The van der Waals surface area contributed by atoms with Gasteiger partial charge in [0, 0.05) is 61.9 Å². The molecule has 2 aromatic heterocycles. The highest BCUT2D eigenvalue weighted by molar-refractivity contribution is 6.43. The van der Waals surface area contributed by atoms with Crippen LogP contribution in [0.4, 0.5) is 0 Å². The third kappa shape index (κ3) is 9.18. The van der Waals surface area contributed by atoms with Crippen molar-refractivity contribution in [2.45, 2.75) is 57.0 Å². The molecular weight excluding hydrogens is 656 g/mol. The van der Waals surface area contributed by atoms with Gasteiger partial charge in [-0.25, -0.2) is 0 Å². The Morgan fingerprint density at radius 3 is 1.72 bits per heavy atom. The molecular formula is C39H45ClN4O6. The van der Waals surface area contributed by atoms with Crippen molar-refractivity contribution in [2.75, 3.05) is 35.4 Å². The van der Waals surface area contributed by atoms with Crippen LogP contribution in [0.5, 0.6) is 17.2 Å². The van der Waals surface area contributed by atoms with Gasteiger partial charge < -0.3 is 24.0 Å². The van der Waals surface area contributed by atoms with Gasteiger partial charge in [-0.3, -0.25) is 24.4 Å². The summed E-state index contributed by atoms with van der Waals surface area (Å²) >= 11 is 6.17. The summed E-state index contributed by atoms with van der Waals surface area (Å²) < 4.78 is 16.2. The summed E-state index contributed by atoms with van der Waals surface area (Å²) in [4.78, 5) is 54.0. The molecule has 264 valence electrons. The number of likely N-dealkylation sites (N-methyl/N-ethyl adjacent to an activating group) is 2. The summed E-state index contributed by atoms with van der Waals surface area (Å²) in [5.41, 5.74) is 2.95. The molecule has 0 fully saturated rings. The Balaban J connectivity index is 1.69. The minimum Gasteiger partial charge on any atom is -0.493 e. The van der Waals surface area contributed by atoms with Crippen LogP contribution in [0.3, 0.4) is 0 Å². The first-order valence-electron chi connectivity index (χ1n) is 16.4. The highest BCUT2D eigenvalue weighted by Crippen LogP contribution is 2.38. The first-order valence-corrected chi connectivity index (χ1v) is 16.8. The summed E-state index contributed by atoms with van der Waals surface area (Å²) in [5.74, 6) is -1.06. The van der Waals surface area contributed by atoms with E-state index in [-0.39, 0.29) is 53.0 Å². The van der Waals surface area contributed by atoms with Gasteiger partial charge in [0.2, 0.25) is 11.7 Å². The van der Waals surface area contributed by atoms with Gasteiger partial charge in [0.05, 0.1) is 21.3 Å². The number of carbonyl (C=O) groups excluding carboxylic acids is 3. The lowest BCUT2D eigenvalue weighted by atomic mass is 9.87. The number of Topliss-reactive ketones (excluding diaryl/α,β-unsaturated/α-hetero) is 1. The summed E-state index contributed by atoms with van der Waals surface area (Å²) in [6.45, 7) is 4.24. The number of ether oxygens (including phenoxy) is 3. The molecule has 0 radical (unpaired) electrons. The number of amides is 2. The highest BCUT2D eigenvalue weighted by atomic mass is 35.5. The molecule has 0 saturated carbocycles. The van der Waals surface area contributed by atoms with Crippen LogP contribution in [-0.4, -0.2) is 84.9 Å². The van der Waals surface area contributed by atoms with E-state index < -0.39 is 17.7 Å². The quantitative estimate of drug-likeness (QED) is 0.0947. The third-order valence-electron chi connectivity index (χ3n) is 9.19. The number of halogens is 1. The molecule has 3 atom stereocenters. The first-order chi connectivity index (χ1) is 24.0. The Bertz CT molecular complexity index is 1670. The molecule has 0 aliphatic rings. The zero-order chi connectivity index (χ0) is 36.4. The summed E-state index contributed by atoms with van der Waals surface area (Å²) in [6.07, 6.45) is 8.62. The van der Waals surface area contributed by atoms with Crippen LogP contribution in [0.25, 0.3) is 0 Å². The largest absolute Gasteiger partial charge is 0.493 e. The van der Waals surface area contributed by atoms with Crippen molar-refractivity contribution in [3.05, 3.63) is 113 Å². The molecule has 11 heteroatoms. The molecule has 10 nitrogen and oxygen atoms in total. The van der Waals surface area contributed by atoms with E-state index in [9.17, 15) is 14.4 Å². The van der Waals surface area contributed by atoms with Crippen LogP contribution in [0.15, 0.2) is 85.5 Å². The normalized spacial score (nSPS) is 13.4. The minimum atomic E-state index is -1.01. The van der Waals surface area contributed by atoms with Gasteiger partial charge in [0.15, 0.2) is 11.5 Å². The molecule has 0 N–H and O–H groups in total. The third-order valence-corrected chi connectivity index (χ3v) is 9.44. The lowest BCUT2D eigenvalue weighted by Crippen LogP contribution is -2.53. The molecule has 2 aromatic carbocycles. The molecule has 2 amide bonds. The Kier molecular flexibility index (Phi) is 13.3. The predicted molar refractivity (Wildman–Crippen MR) is 193 cm³/mol. The fraction of sp³-hybridized carbons (Fsp3) is 0.359. The number of aromatic nitrogens is 2. The number of nitrogens with zero attached hydrogens (tertiary/aromatic N) is 4. The molecule has 0 saturated heterocycles. The van der Waals surface area contributed by atoms with Gasteiger partial charge in [-0.15, -0.1) is 0 Å². The van der Waals surface area contributed by atoms with Crippen molar-refractivity contribution in [3.63, 3.8) is 0 Å². The predicted octanol–water partition coefficient (Wildman–Crippen LogP) is 6.62. The number of hydrogen-bond donors (Lipinski definition) is 0. The number of benzene rings is 2. The second-order valence-electron chi connectivity index (χ2n) is 12.5. The van der Waals surface area contributed by atoms with E-state index in [0.717, 1.165) is 16.7 Å². The average Bonchev–Trinajstić information content (AvgIpc) is 3.15. The summed E-state index contributed by atoms with van der Waals surface area (Å²) in [5, 5.41) is 0.546. The van der Waals surface area contributed by atoms with Gasteiger partial charge in [-0.05, 0) is 77.8 Å². The Hall–Kier alpha value is -4.96. The zero-order valence-corrected chi connectivity index (χ0v) is 30.4. The van der Waals surface area contributed by atoms with E-state index in [2.05, 4.69) is 23.8 Å². The van der Waals surface area contributed by atoms with Crippen LogP contribution in [-0.2, 0) is 16.0 Å². The van der Waals surface area contributed by atoms with Crippen molar-refractivity contribution < 1.29 is 28.6 Å². The SMILES string of the molecule is COc1cc(C(=O)C(=O)N(C)[C@@H](Cc2ccc(Cl)cc2)C(=O)N(C)C(CC(C)c2cccnc2)CC(C)c2cccnc2)cc(OC)c1OC. The highest BCUT2D eigenvalue weighted by Gasteiger charge is 2.36. The number of pyridine rings is 2. The van der Waals surface area contributed by atoms with Crippen molar-refractivity contribution >= 4 is 29.2 Å². The number of ketones is 1. The molecule has 0 spiro atoms. The van der Waals surface area contributed by atoms with E-state index >= 15 is 0 Å². The van der Waals surface area contributed by atoms with Gasteiger partial charge in [-0.1, -0.05) is 49.7 Å². The van der Waals surface area contributed by atoms with Gasteiger partial charge >= 0.3 is 0 Å². The van der Waals surface area contributed by atoms with Crippen LogP contribution in [0.2, 0.25) is 5.02 Å². The van der Waals surface area contributed by atoms with Crippen LogP contribution in [0, 0.1) is 0 Å². The summed E-state index contributed by atoms with van der Waals surface area (Å²) in [7, 11) is 7.56. The first kappa shape index (κ1) is 37.9. The Labute approximate surface area is 299 Å². The number of carbonyl (C=O) groups is 3. The van der Waals surface area contributed by atoms with Crippen molar-refractivity contribution in [1.29, 1.82) is 0 Å². The molecule has 2 unspecified atom stereocenters. The van der Waals surface area contributed by atoms with E-state index in [0.29, 0.717) is 17.9 Å². The van der Waals surface area contributed by atoms with Gasteiger partial charge in [0.25, 0.3) is 11.7 Å². The van der Waals surface area contributed by atoms with E-state index in [1.54, 1.807) is 36.5 Å². The maximum atomic E-state index is 14.7. The van der Waals surface area contributed by atoms with Crippen LogP contribution < -0.4 is 14.2 Å². The molecule has 0 aliphatic carbocycles.